The number of likely N-dealkylation sites (tertiary alicyclic amines) is 1. The van der Waals surface area contributed by atoms with Gasteiger partial charge in [-0.25, -0.2) is 0 Å². The maximum absolute atomic E-state index is 12.8. The number of nitrogens with zero attached hydrogens (tertiary/aromatic N) is 3. The molecule has 1 fully saturated rings. The lowest BCUT2D eigenvalue weighted by molar-refractivity contribution is -0.0498. The Kier molecular flexibility index (Phi) is 7.80. The number of halogens is 3. The normalized spacial score (nSPS) is 14.3. The number of piperidine rings is 1. The standard InChI is InChI=1S/C25H25BrF2N4O3/c1-2-20-21(4-3-5-22(20)26)23(33)30-17-14-29-32(15-17)18-10-12-31(13-11-18)24(34)16-6-8-19(9-7-16)35-25(27)28/h3-9,14-15,18,25H,2,10-13H2,1H3,(H,30,33). The highest BCUT2D eigenvalue weighted by molar-refractivity contribution is 9.10. The number of alkyl halides is 2. The van der Waals surface area contributed by atoms with E-state index >= 15 is 0 Å². The third kappa shape index (κ3) is 5.87. The molecule has 1 saturated heterocycles. The first-order valence-corrected chi connectivity index (χ1v) is 12.1. The number of carbonyl (C=O) groups is 2. The number of nitrogens with one attached hydrogen (secondary N) is 1. The van der Waals surface area contributed by atoms with E-state index in [1.807, 2.05) is 29.9 Å². The molecule has 10 heteroatoms. The maximum atomic E-state index is 12.8. The average Bonchev–Trinajstić information content (AvgIpc) is 3.32. The summed E-state index contributed by atoms with van der Waals surface area (Å²) in [6.07, 6.45) is 5.58. The second-order valence-corrected chi connectivity index (χ2v) is 9.06. The van der Waals surface area contributed by atoms with Gasteiger partial charge in [0.1, 0.15) is 5.75 Å². The number of hydrogen-bond donors (Lipinski definition) is 1. The van der Waals surface area contributed by atoms with E-state index in [0.717, 1.165) is 16.5 Å². The van der Waals surface area contributed by atoms with Gasteiger partial charge in [0.15, 0.2) is 0 Å². The van der Waals surface area contributed by atoms with Crippen LogP contribution in [-0.2, 0) is 6.42 Å². The first kappa shape index (κ1) is 24.8. The molecule has 2 amide bonds. The van der Waals surface area contributed by atoms with Crippen molar-refractivity contribution in [3.63, 3.8) is 0 Å². The SMILES string of the molecule is CCc1c(Br)cccc1C(=O)Nc1cnn(C2CCN(C(=O)c3ccc(OC(F)F)cc3)CC2)c1. The van der Waals surface area contributed by atoms with Crippen LogP contribution in [0.25, 0.3) is 0 Å². The summed E-state index contributed by atoms with van der Waals surface area (Å²) in [6, 6.07) is 11.4. The summed E-state index contributed by atoms with van der Waals surface area (Å²) < 4.78 is 31.7. The van der Waals surface area contributed by atoms with Crippen LogP contribution in [0.4, 0.5) is 14.5 Å². The summed E-state index contributed by atoms with van der Waals surface area (Å²) in [7, 11) is 0. The van der Waals surface area contributed by atoms with Crippen molar-refractivity contribution in [3.8, 4) is 5.75 Å². The topological polar surface area (TPSA) is 76.5 Å². The fourth-order valence-corrected chi connectivity index (χ4v) is 4.87. The second kappa shape index (κ2) is 11.0. The molecule has 0 unspecified atom stereocenters. The quantitative estimate of drug-likeness (QED) is 0.422. The van der Waals surface area contributed by atoms with Crippen LogP contribution in [0.15, 0.2) is 59.3 Å². The van der Waals surface area contributed by atoms with Gasteiger partial charge in [0.05, 0.1) is 17.9 Å². The molecule has 3 aromatic rings. The molecule has 1 aromatic heterocycles. The largest absolute Gasteiger partial charge is 0.435 e. The highest BCUT2D eigenvalue weighted by atomic mass is 79.9. The van der Waals surface area contributed by atoms with Gasteiger partial charge in [-0.1, -0.05) is 28.9 Å². The number of aromatic nitrogens is 2. The Labute approximate surface area is 210 Å². The third-order valence-corrected chi connectivity index (χ3v) is 6.77. The summed E-state index contributed by atoms with van der Waals surface area (Å²) in [6.45, 7) is 0.181. The number of benzene rings is 2. The molecular formula is C25H25BrF2N4O3. The van der Waals surface area contributed by atoms with Crippen molar-refractivity contribution in [2.45, 2.75) is 38.8 Å². The molecule has 0 saturated carbocycles. The van der Waals surface area contributed by atoms with E-state index in [4.69, 9.17) is 0 Å². The molecule has 0 atom stereocenters. The molecule has 1 N–H and O–H groups in total. The Balaban J connectivity index is 1.33. The molecule has 1 aliphatic rings. The first-order valence-electron chi connectivity index (χ1n) is 11.3. The second-order valence-electron chi connectivity index (χ2n) is 8.21. The van der Waals surface area contributed by atoms with Crippen LogP contribution in [0.3, 0.4) is 0 Å². The first-order chi connectivity index (χ1) is 16.9. The molecule has 0 spiro atoms. The van der Waals surface area contributed by atoms with E-state index in [1.54, 1.807) is 17.2 Å². The van der Waals surface area contributed by atoms with E-state index in [9.17, 15) is 18.4 Å². The predicted octanol–water partition coefficient (Wildman–Crippen LogP) is 5.54. The number of carbonyl (C=O) groups excluding carboxylic acids is 2. The van der Waals surface area contributed by atoms with Crippen LogP contribution in [0, 0.1) is 0 Å². The minimum atomic E-state index is -2.90. The van der Waals surface area contributed by atoms with Crippen LogP contribution in [-0.4, -0.2) is 46.2 Å². The van der Waals surface area contributed by atoms with E-state index in [1.165, 1.54) is 24.3 Å². The van der Waals surface area contributed by atoms with E-state index in [0.29, 0.717) is 42.7 Å². The van der Waals surface area contributed by atoms with Gasteiger partial charge in [-0.3, -0.25) is 14.3 Å². The van der Waals surface area contributed by atoms with E-state index in [-0.39, 0.29) is 23.6 Å². The van der Waals surface area contributed by atoms with Crippen molar-refractivity contribution in [1.29, 1.82) is 0 Å². The molecule has 0 bridgehead atoms. The molecule has 184 valence electrons. The van der Waals surface area contributed by atoms with Gasteiger partial charge in [0.25, 0.3) is 11.8 Å². The lowest BCUT2D eigenvalue weighted by Crippen LogP contribution is -2.39. The molecule has 1 aliphatic heterocycles. The molecule has 35 heavy (non-hydrogen) atoms. The Morgan fingerprint density at radius 1 is 1.17 bits per heavy atom. The minimum absolute atomic E-state index is 0.0163. The number of amides is 2. The van der Waals surface area contributed by atoms with Gasteiger partial charge in [0, 0.05) is 34.9 Å². The third-order valence-electron chi connectivity index (χ3n) is 6.03. The Hall–Kier alpha value is -3.27. The Bertz CT molecular complexity index is 1190. The predicted molar refractivity (Wildman–Crippen MR) is 131 cm³/mol. The molecule has 7 nitrogen and oxygen atoms in total. The van der Waals surface area contributed by atoms with Crippen LogP contribution in [0.1, 0.15) is 52.1 Å². The monoisotopic (exact) mass is 546 g/mol. The summed E-state index contributed by atoms with van der Waals surface area (Å²) in [5.41, 5.74) is 2.61. The average molecular weight is 547 g/mol. The van der Waals surface area contributed by atoms with Crippen molar-refractivity contribution >= 4 is 33.4 Å². The van der Waals surface area contributed by atoms with Gasteiger partial charge in [-0.05, 0) is 61.2 Å². The summed E-state index contributed by atoms with van der Waals surface area (Å²) >= 11 is 3.50. The van der Waals surface area contributed by atoms with Crippen molar-refractivity contribution < 1.29 is 23.1 Å². The molecular weight excluding hydrogens is 522 g/mol. The van der Waals surface area contributed by atoms with Gasteiger partial charge in [0.2, 0.25) is 0 Å². The lowest BCUT2D eigenvalue weighted by atomic mass is 10.0. The highest BCUT2D eigenvalue weighted by Crippen LogP contribution is 2.26. The minimum Gasteiger partial charge on any atom is -0.435 e. The zero-order valence-electron chi connectivity index (χ0n) is 19.1. The maximum Gasteiger partial charge on any atom is 0.387 e. The van der Waals surface area contributed by atoms with Crippen molar-refractivity contribution in [1.82, 2.24) is 14.7 Å². The van der Waals surface area contributed by atoms with Crippen molar-refractivity contribution in [3.05, 3.63) is 76.0 Å². The number of ether oxygens (including phenoxy) is 1. The number of hydrogen-bond acceptors (Lipinski definition) is 4. The highest BCUT2D eigenvalue weighted by Gasteiger charge is 2.25. The Morgan fingerprint density at radius 2 is 1.89 bits per heavy atom. The zero-order chi connectivity index (χ0) is 24.9. The number of anilines is 1. The van der Waals surface area contributed by atoms with E-state index < -0.39 is 6.61 Å². The number of rotatable bonds is 7. The lowest BCUT2D eigenvalue weighted by Gasteiger charge is -2.32. The van der Waals surface area contributed by atoms with E-state index in [2.05, 4.69) is 31.1 Å². The fraction of sp³-hybridized carbons (Fsp3) is 0.320. The zero-order valence-corrected chi connectivity index (χ0v) is 20.7. The molecule has 2 heterocycles. The van der Waals surface area contributed by atoms with Crippen LogP contribution in [0.2, 0.25) is 0 Å². The smallest absolute Gasteiger partial charge is 0.387 e. The van der Waals surface area contributed by atoms with Crippen molar-refractivity contribution in [2.24, 2.45) is 0 Å². The summed E-state index contributed by atoms with van der Waals surface area (Å²) in [5.74, 6) is -0.322. The van der Waals surface area contributed by atoms with Crippen LogP contribution >= 0.6 is 15.9 Å². The van der Waals surface area contributed by atoms with Crippen LogP contribution < -0.4 is 10.1 Å². The molecule has 0 radical (unpaired) electrons. The molecule has 0 aliphatic carbocycles. The van der Waals surface area contributed by atoms with Crippen LogP contribution in [0.5, 0.6) is 5.75 Å². The molecule has 4 rings (SSSR count). The Morgan fingerprint density at radius 3 is 2.54 bits per heavy atom. The van der Waals surface area contributed by atoms with Gasteiger partial charge >= 0.3 is 6.61 Å². The van der Waals surface area contributed by atoms with Gasteiger partial charge < -0.3 is 15.0 Å². The summed E-state index contributed by atoms with van der Waals surface area (Å²) in [4.78, 5) is 27.3. The fourth-order valence-electron chi connectivity index (χ4n) is 4.23. The van der Waals surface area contributed by atoms with Gasteiger partial charge in [-0.2, -0.15) is 13.9 Å². The van der Waals surface area contributed by atoms with Gasteiger partial charge in [-0.15, -0.1) is 0 Å². The molecule has 2 aromatic carbocycles. The van der Waals surface area contributed by atoms with Crippen molar-refractivity contribution in [2.75, 3.05) is 18.4 Å². The summed E-state index contributed by atoms with van der Waals surface area (Å²) in [5, 5.41) is 7.34.